The molecule has 0 saturated carbocycles. The standard InChI is InChI=1S/C20H17BrN2O6/c1-3-29-13-6-4-12(5-7-13)23-19(26)14(18(25)22-20(23)27)8-11-9-15(21)17(24)16(10-11)28-2/h4-10,24H,3H2,1-2H3,(H,22,25,27). The lowest BCUT2D eigenvalue weighted by Crippen LogP contribution is -2.54. The molecule has 29 heavy (non-hydrogen) atoms. The van der Waals surface area contributed by atoms with E-state index in [1.807, 2.05) is 6.92 Å². The molecule has 1 aliphatic heterocycles. The molecule has 2 aromatic carbocycles. The van der Waals surface area contributed by atoms with E-state index in [1.165, 1.54) is 25.3 Å². The van der Waals surface area contributed by atoms with Crippen LogP contribution in [0, 0.1) is 0 Å². The zero-order valence-electron chi connectivity index (χ0n) is 15.6. The van der Waals surface area contributed by atoms with Crippen molar-refractivity contribution in [3.8, 4) is 17.2 Å². The lowest BCUT2D eigenvalue weighted by atomic mass is 10.1. The van der Waals surface area contributed by atoms with Crippen molar-refractivity contribution >= 4 is 45.5 Å². The molecular formula is C20H17BrN2O6. The van der Waals surface area contributed by atoms with Crippen LogP contribution < -0.4 is 19.7 Å². The summed E-state index contributed by atoms with van der Waals surface area (Å²) in [5.41, 5.74) is 0.475. The van der Waals surface area contributed by atoms with Crippen LogP contribution in [-0.2, 0) is 9.59 Å². The predicted molar refractivity (Wildman–Crippen MR) is 109 cm³/mol. The molecular weight excluding hydrogens is 444 g/mol. The first kappa shape index (κ1) is 20.4. The Morgan fingerprint density at radius 2 is 1.86 bits per heavy atom. The maximum Gasteiger partial charge on any atom is 0.335 e. The van der Waals surface area contributed by atoms with Crippen molar-refractivity contribution in [3.05, 3.63) is 52.0 Å². The Hall–Kier alpha value is -3.33. The van der Waals surface area contributed by atoms with Gasteiger partial charge in [-0.15, -0.1) is 0 Å². The summed E-state index contributed by atoms with van der Waals surface area (Å²) in [6.07, 6.45) is 1.32. The molecule has 1 saturated heterocycles. The minimum absolute atomic E-state index is 0.111. The quantitative estimate of drug-likeness (QED) is 0.524. The topological polar surface area (TPSA) is 105 Å². The molecule has 1 fully saturated rings. The first-order chi connectivity index (χ1) is 13.8. The number of amides is 4. The highest BCUT2D eigenvalue weighted by Crippen LogP contribution is 2.36. The van der Waals surface area contributed by atoms with Gasteiger partial charge in [0.05, 0.1) is 23.9 Å². The second kappa shape index (κ2) is 8.36. The zero-order chi connectivity index (χ0) is 21.1. The number of carbonyl (C=O) groups excluding carboxylic acids is 3. The molecule has 0 bridgehead atoms. The Bertz CT molecular complexity index is 1020. The average Bonchev–Trinajstić information content (AvgIpc) is 2.69. The summed E-state index contributed by atoms with van der Waals surface area (Å²) >= 11 is 3.19. The van der Waals surface area contributed by atoms with Gasteiger partial charge in [-0.3, -0.25) is 14.9 Å². The van der Waals surface area contributed by atoms with Crippen LogP contribution >= 0.6 is 15.9 Å². The van der Waals surface area contributed by atoms with E-state index in [2.05, 4.69) is 21.2 Å². The Morgan fingerprint density at radius 1 is 1.17 bits per heavy atom. The third-order valence-corrected chi connectivity index (χ3v) is 4.69. The summed E-state index contributed by atoms with van der Waals surface area (Å²) in [5, 5.41) is 12.1. The number of barbiturate groups is 1. The van der Waals surface area contributed by atoms with Gasteiger partial charge in [-0.2, -0.15) is 0 Å². The van der Waals surface area contributed by atoms with E-state index in [0.29, 0.717) is 28.1 Å². The number of benzene rings is 2. The molecule has 0 unspecified atom stereocenters. The van der Waals surface area contributed by atoms with Gasteiger partial charge in [0, 0.05) is 0 Å². The minimum Gasteiger partial charge on any atom is -0.503 e. The minimum atomic E-state index is -0.842. The van der Waals surface area contributed by atoms with Gasteiger partial charge >= 0.3 is 6.03 Å². The molecule has 2 aromatic rings. The van der Waals surface area contributed by atoms with Crippen LogP contribution in [0.5, 0.6) is 17.2 Å². The number of methoxy groups -OCH3 is 1. The summed E-state index contributed by atoms with van der Waals surface area (Å²) in [6.45, 7) is 2.32. The number of ether oxygens (including phenoxy) is 2. The van der Waals surface area contributed by atoms with Gasteiger partial charge in [0.25, 0.3) is 11.8 Å². The number of aromatic hydroxyl groups is 1. The molecule has 2 N–H and O–H groups in total. The Labute approximate surface area is 174 Å². The lowest BCUT2D eigenvalue weighted by molar-refractivity contribution is -0.122. The summed E-state index contributed by atoms with van der Waals surface area (Å²) < 4.78 is 10.8. The van der Waals surface area contributed by atoms with Crippen LogP contribution in [-0.4, -0.2) is 36.7 Å². The van der Waals surface area contributed by atoms with Crippen molar-refractivity contribution in [2.45, 2.75) is 6.92 Å². The van der Waals surface area contributed by atoms with Crippen LogP contribution in [0.2, 0.25) is 0 Å². The fourth-order valence-electron chi connectivity index (χ4n) is 2.75. The molecule has 150 valence electrons. The number of phenols is 1. The van der Waals surface area contributed by atoms with Crippen LogP contribution in [0.1, 0.15) is 12.5 Å². The van der Waals surface area contributed by atoms with Gasteiger partial charge in [0.15, 0.2) is 11.5 Å². The van der Waals surface area contributed by atoms with E-state index in [1.54, 1.807) is 24.3 Å². The van der Waals surface area contributed by atoms with E-state index in [4.69, 9.17) is 9.47 Å². The number of rotatable bonds is 5. The smallest absolute Gasteiger partial charge is 0.335 e. The molecule has 3 rings (SSSR count). The molecule has 0 spiro atoms. The fourth-order valence-corrected chi connectivity index (χ4v) is 3.21. The number of nitrogens with zero attached hydrogens (tertiary/aromatic N) is 1. The lowest BCUT2D eigenvalue weighted by Gasteiger charge is -2.26. The summed E-state index contributed by atoms with van der Waals surface area (Å²) in [7, 11) is 1.38. The molecule has 4 amide bonds. The molecule has 8 nitrogen and oxygen atoms in total. The summed E-state index contributed by atoms with van der Waals surface area (Å²) in [4.78, 5) is 38.4. The van der Waals surface area contributed by atoms with Gasteiger partial charge < -0.3 is 14.6 Å². The van der Waals surface area contributed by atoms with Crippen molar-refractivity contribution in [1.29, 1.82) is 0 Å². The molecule has 0 aromatic heterocycles. The monoisotopic (exact) mass is 460 g/mol. The van der Waals surface area contributed by atoms with Crippen molar-refractivity contribution in [3.63, 3.8) is 0 Å². The highest BCUT2D eigenvalue weighted by atomic mass is 79.9. The number of nitrogens with one attached hydrogen (secondary N) is 1. The van der Waals surface area contributed by atoms with E-state index in [0.717, 1.165) is 4.90 Å². The third kappa shape index (κ3) is 4.09. The Kier molecular flexibility index (Phi) is 5.88. The number of hydrogen-bond donors (Lipinski definition) is 2. The second-order valence-corrected chi connectivity index (χ2v) is 6.79. The largest absolute Gasteiger partial charge is 0.503 e. The number of halogens is 1. The van der Waals surface area contributed by atoms with E-state index >= 15 is 0 Å². The predicted octanol–water partition coefficient (Wildman–Crippen LogP) is 3.23. The SMILES string of the molecule is CCOc1ccc(N2C(=O)NC(=O)C(=Cc3cc(Br)c(O)c(OC)c3)C2=O)cc1. The summed E-state index contributed by atoms with van der Waals surface area (Å²) in [5.74, 6) is -0.944. The van der Waals surface area contributed by atoms with E-state index in [-0.39, 0.29) is 17.1 Å². The van der Waals surface area contributed by atoms with Gasteiger partial charge in [0.1, 0.15) is 11.3 Å². The highest BCUT2D eigenvalue weighted by molar-refractivity contribution is 9.10. The van der Waals surface area contributed by atoms with Crippen molar-refractivity contribution in [1.82, 2.24) is 5.32 Å². The maximum atomic E-state index is 12.9. The number of carbonyl (C=O) groups is 3. The fraction of sp³-hybridized carbons (Fsp3) is 0.150. The molecule has 0 atom stereocenters. The zero-order valence-corrected chi connectivity index (χ0v) is 17.1. The van der Waals surface area contributed by atoms with Crippen molar-refractivity contribution in [2.75, 3.05) is 18.6 Å². The molecule has 9 heteroatoms. The second-order valence-electron chi connectivity index (χ2n) is 5.94. The van der Waals surface area contributed by atoms with E-state index in [9.17, 15) is 19.5 Å². The van der Waals surface area contributed by atoms with Crippen LogP contribution in [0.4, 0.5) is 10.5 Å². The molecule has 1 heterocycles. The molecule has 1 aliphatic rings. The van der Waals surface area contributed by atoms with Crippen molar-refractivity contribution in [2.24, 2.45) is 0 Å². The maximum absolute atomic E-state index is 12.9. The number of hydrogen-bond acceptors (Lipinski definition) is 6. The average molecular weight is 461 g/mol. The normalized spacial score (nSPS) is 15.5. The van der Waals surface area contributed by atoms with E-state index < -0.39 is 17.8 Å². The molecule has 0 aliphatic carbocycles. The number of phenolic OH excluding ortho intramolecular Hbond substituents is 1. The number of anilines is 1. The van der Waals surface area contributed by atoms with Crippen LogP contribution in [0.3, 0.4) is 0 Å². The van der Waals surface area contributed by atoms with Crippen molar-refractivity contribution < 1.29 is 29.0 Å². The van der Waals surface area contributed by atoms with Gasteiger partial charge in [0.2, 0.25) is 0 Å². The van der Waals surface area contributed by atoms with Crippen LogP contribution in [0.25, 0.3) is 6.08 Å². The van der Waals surface area contributed by atoms with Gasteiger partial charge in [-0.1, -0.05) is 0 Å². The third-order valence-electron chi connectivity index (χ3n) is 4.09. The Balaban J connectivity index is 1.99. The first-order valence-electron chi connectivity index (χ1n) is 8.56. The van der Waals surface area contributed by atoms with Gasteiger partial charge in [-0.05, 0) is 70.9 Å². The summed E-state index contributed by atoms with van der Waals surface area (Å²) in [6, 6.07) is 8.49. The van der Waals surface area contributed by atoms with Crippen LogP contribution in [0.15, 0.2) is 46.4 Å². The van der Waals surface area contributed by atoms with Gasteiger partial charge in [-0.25, -0.2) is 9.69 Å². The Morgan fingerprint density at radius 3 is 2.48 bits per heavy atom. The first-order valence-corrected chi connectivity index (χ1v) is 9.35. The number of urea groups is 1. The highest BCUT2D eigenvalue weighted by Gasteiger charge is 2.36. The molecule has 0 radical (unpaired) electrons. The number of imide groups is 2.